The van der Waals surface area contributed by atoms with Crippen LogP contribution in [0.3, 0.4) is 0 Å². The quantitative estimate of drug-likeness (QED) is 0.365. The summed E-state index contributed by atoms with van der Waals surface area (Å²) < 4.78 is 6.46. The van der Waals surface area contributed by atoms with E-state index < -0.39 is 6.04 Å². The molecule has 0 aliphatic heterocycles. The highest BCUT2D eigenvalue weighted by Gasteiger charge is 2.29. The molecular weight excluding hydrogens is 539 g/mol. The predicted octanol–water partition coefficient (Wildman–Crippen LogP) is 6.37. The van der Waals surface area contributed by atoms with Crippen molar-refractivity contribution in [3.8, 4) is 5.75 Å². The Kier molecular flexibility index (Phi) is 10.6. The number of hydrogen-bond acceptors (Lipinski definition) is 3. The first-order valence-electron chi connectivity index (χ1n) is 10.2. The van der Waals surface area contributed by atoms with Gasteiger partial charge in [0.25, 0.3) is 5.91 Å². The van der Waals surface area contributed by atoms with Crippen molar-refractivity contribution in [2.45, 2.75) is 39.8 Å². The van der Waals surface area contributed by atoms with Crippen LogP contribution in [0.2, 0.25) is 15.1 Å². The number of ether oxygens (including phenoxy) is 1. The number of nitrogens with zero attached hydrogens (tertiary/aromatic N) is 1. The summed E-state index contributed by atoms with van der Waals surface area (Å²) in [5, 5.41) is 4.20. The highest BCUT2D eigenvalue weighted by Crippen LogP contribution is 2.28. The standard InChI is InChI=1S/C23H26BrCl3N2O3/c1-4-20(23(31)28-11-14(2)3)29(12-15-5-7-17(25)10-18(15)26)22(30)13-32-21-8-6-16(24)9-19(21)27/h5-10,14,20H,4,11-13H2,1-3H3,(H,28,31)/t20-/m0/s1. The van der Waals surface area contributed by atoms with Gasteiger partial charge in [0.05, 0.1) is 5.02 Å². The predicted molar refractivity (Wildman–Crippen MR) is 134 cm³/mol. The second-order valence-corrected chi connectivity index (χ2v) is 9.85. The fourth-order valence-electron chi connectivity index (χ4n) is 2.99. The van der Waals surface area contributed by atoms with Crippen LogP contribution in [-0.4, -0.2) is 35.9 Å². The Hall–Kier alpha value is -1.47. The topological polar surface area (TPSA) is 58.6 Å². The van der Waals surface area contributed by atoms with E-state index in [0.717, 1.165) is 4.47 Å². The van der Waals surface area contributed by atoms with Crippen LogP contribution in [0.4, 0.5) is 0 Å². The molecule has 0 bridgehead atoms. The van der Waals surface area contributed by atoms with Crippen LogP contribution < -0.4 is 10.1 Å². The van der Waals surface area contributed by atoms with Crippen LogP contribution in [0.15, 0.2) is 40.9 Å². The lowest BCUT2D eigenvalue weighted by Crippen LogP contribution is -2.50. The third-order valence-corrected chi connectivity index (χ3v) is 6.05. The molecule has 9 heteroatoms. The van der Waals surface area contributed by atoms with Crippen molar-refractivity contribution in [3.05, 3.63) is 61.5 Å². The summed E-state index contributed by atoms with van der Waals surface area (Å²) in [4.78, 5) is 27.6. The maximum absolute atomic E-state index is 13.2. The van der Waals surface area contributed by atoms with Crippen LogP contribution >= 0.6 is 50.7 Å². The van der Waals surface area contributed by atoms with Crippen LogP contribution in [0.25, 0.3) is 0 Å². The second kappa shape index (κ2) is 12.7. The minimum atomic E-state index is -0.683. The number of hydrogen-bond donors (Lipinski definition) is 1. The molecular formula is C23H26BrCl3N2O3. The molecule has 0 saturated carbocycles. The molecule has 0 aliphatic rings. The van der Waals surface area contributed by atoms with Gasteiger partial charge in [0.2, 0.25) is 5.91 Å². The zero-order valence-electron chi connectivity index (χ0n) is 18.1. The summed E-state index contributed by atoms with van der Waals surface area (Å²) in [5.41, 5.74) is 0.682. The Morgan fingerprint density at radius 1 is 1.09 bits per heavy atom. The first kappa shape index (κ1) is 26.8. The zero-order valence-corrected chi connectivity index (χ0v) is 22.0. The molecule has 32 heavy (non-hydrogen) atoms. The third-order valence-electron chi connectivity index (χ3n) is 4.67. The normalized spacial score (nSPS) is 11.9. The smallest absolute Gasteiger partial charge is 0.261 e. The highest BCUT2D eigenvalue weighted by atomic mass is 79.9. The molecule has 2 rings (SSSR count). The zero-order chi connectivity index (χ0) is 23.8. The van der Waals surface area contributed by atoms with Crippen LogP contribution in [0.1, 0.15) is 32.8 Å². The van der Waals surface area contributed by atoms with E-state index in [1.165, 1.54) is 4.90 Å². The molecule has 0 spiro atoms. The summed E-state index contributed by atoms with van der Waals surface area (Å²) in [6, 6.07) is 9.49. The van der Waals surface area contributed by atoms with Crippen molar-refractivity contribution in [1.82, 2.24) is 10.2 Å². The lowest BCUT2D eigenvalue weighted by molar-refractivity contribution is -0.143. The molecule has 174 valence electrons. The van der Waals surface area contributed by atoms with Crippen molar-refractivity contribution in [2.24, 2.45) is 5.92 Å². The van der Waals surface area contributed by atoms with E-state index in [9.17, 15) is 9.59 Å². The molecule has 0 radical (unpaired) electrons. The Bertz CT molecular complexity index is 956. The number of amides is 2. The largest absolute Gasteiger partial charge is 0.482 e. The molecule has 0 aliphatic carbocycles. The molecule has 0 aromatic heterocycles. The molecule has 1 N–H and O–H groups in total. The van der Waals surface area contributed by atoms with Crippen molar-refractivity contribution in [1.29, 1.82) is 0 Å². The van der Waals surface area contributed by atoms with E-state index in [1.54, 1.807) is 36.4 Å². The minimum absolute atomic E-state index is 0.139. The van der Waals surface area contributed by atoms with Crippen LogP contribution in [0.5, 0.6) is 5.75 Å². The molecule has 2 aromatic carbocycles. The summed E-state index contributed by atoms with van der Waals surface area (Å²) >= 11 is 21.9. The van der Waals surface area contributed by atoms with E-state index >= 15 is 0 Å². The Balaban J connectivity index is 2.26. The maximum Gasteiger partial charge on any atom is 0.261 e. The van der Waals surface area contributed by atoms with Crippen molar-refractivity contribution < 1.29 is 14.3 Å². The lowest BCUT2D eigenvalue weighted by atomic mass is 10.1. The fraction of sp³-hybridized carbons (Fsp3) is 0.391. The summed E-state index contributed by atoms with van der Waals surface area (Å²) in [6.45, 7) is 6.25. The number of nitrogens with one attached hydrogen (secondary N) is 1. The first-order chi connectivity index (χ1) is 15.1. The molecule has 1 atom stereocenters. The van der Waals surface area contributed by atoms with Crippen molar-refractivity contribution in [3.63, 3.8) is 0 Å². The number of carbonyl (C=O) groups is 2. The highest BCUT2D eigenvalue weighted by molar-refractivity contribution is 9.10. The van der Waals surface area contributed by atoms with Gasteiger partial charge in [-0.15, -0.1) is 0 Å². The molecule has 0 saturated heterocycles. The molecule has 2 aromatic rings. The fourth-order valence-corrected chi connectivity index (χ4v) is 4.19. The van der Waals surface area contributed by atoms with Gasteiger partial charge in [-0.25, -0.2) is 0 Å². The van der Waals surface area contributed by atoms with Gasteiger partial charge in [0.1, 0.15) is 11.8 Å². The van der Waals surface area contributed by atoms with Gasteiger partial charge in [0, 0.05) is 27.6 Å². The van der Waals surface area contributed by atoms with E-state index in [0.29, 0.717) is 39.3 Å². The van der Waals surface area contributed by atoms with Gasteiger partial charge in [-0.2, -0.15) is 0 Å². The molecule has 0 unspecified atom stereocenters. The van der Waals surface area contributed by atoms with Gasteiger partial charge in [-0.1, -0.05) is 77.6 Å². The van der Waals surface area contributed by atoms with Gasteiger partial charge >= 0.3 is 0 Å². The van der Waals surface area contributed by atoms with Crippen LogP contribution in [0, 0.1) is 5.92 Å². The second-order valence-electron chi connectivity index (χ2n) is 7.68. The minimum Gasteiger partial charge on any atom is -0.482 e. The maximum atomic E-state index is 13.2. The average Bonchev–Trinajstić information content (AvgIpc) is 2.72. The monoisotopic (exact) mass is 562 g/mol. The van der Waals surface area contributed by atoms with Crippen LogP contribution in [-0.2, 0) is 16.1 Å². The molecule has 5 nitrogen and oxygen atoms in total. The Morgan fingerprint density at radius 3 is 2.41 bits per heavy atom. The molecule has 2 amide bonds. The number of rotatable bonds is 10. The van der Waals surface area contributed by atoms with Gasteiger partial charge in [-0.05, 0) is 48.2 Å². The number of benzene rings is 2. The van der Waals surface area contributed by atoms with E-state index in [1.807, 2.05) is 20.8 Å². The van der Waals surface area contributed by atoms with Crippen molar-refractivity contribution in [2.75, 3.05) is 13.2 Å². The van der Waals surface area contributed by atoms with Gasteiger partial charge in [0.15, 0.2) is 6.61 Å². The SMILES string of the molecule is CC[C@@H](C(=O)NCC(C)C)N(Cc1ccc(Cl)cc1Cl)C(=O)COc1ccc(Br)cc1Cl. The van der Waals surface area contributed by atoms with E-state index in [2.05, 4.69) is 21.2 Å². The summed E-state index contributed by atoms with van der Waals surface area (Å²) in [6.07, 6.45) is 0.430. The lowest BCUT2D eigenvalue weighted by Gasteiger charge is -2.31. The Morgan fingerprint density at radius 2 is 1.81 bits per heavy atom. The molecule has 0 heterocycles. The van der Waals surface area contributed by atoms with Crippen molar-refractivity contribution >= 4 is 62.5 Å². The average molecular weight is 565 g/mol. The number of carbonyl (C=O) groups excluding carboxylic acids is 2. The van der Waals surface area contributed by atoms with Gasteiger partial charge in [-0.3, -0.25) is 9.59 Å². The summed E-state index contributed by atoms with van der Waals surface area (Å²) in [5.74, 6) is 0.0852. The Labute approximate surface area is 212 Å². The van der Waals surface area contributed by atoms with E-state index in [4.69, 9.17) is 39.5 Å². The first-order valence-corrected chi connectivity index (χ1v) is 12.1. The van der Waals surface area contributed by atoms with E-state index in [-0.39, 0.29) is 30.9 Å². The number of halogens is 4. The summed E-state index contributed by atoms with van der Waals surface area (Å²) in [7, 11) is 0. The third kappa shape index (κ3) is 7.84. The molecule has 0 fully saturated rings. The van der Waals surface area contributed by atoms with Gasteiger partial charge < -0.3 is 15.0 Å².